The van der Waals surface area contributed by atoms with Gasteiger partial charge in [0.25, 0.3) is 0 Å². The number of carbonyl (C=O) groups is 3. The molecule has 2 N–H and O–H groups in total. The van der Waals surface area contributed by atoms with Crippen LogP contribution in [0.2, 0.25) is 5.02 Å². The van der Waals surface area contributed by atoms with Crippen LogP contribution >= 0.6 is 11.6 Å². The van der Waals surface area contributed by atoms with Crippen LogP contribution in [0, 0.1) is 23.7 Å². The van der Waals surface area contributed by atoms with Crippen molar-refractivity contribution in [2.45, 2.75) is 63.4 Å². The summed E-state index contributed by atoms with van der Waals surface area (Å²) in [4.78, 5) is 43.7. The molecule has 2 bridgehead atoms. The number of benzene rings is 2. The number of fused-ring (bicyclic) bond motifs is 1. The summed E-state index contributed by atoms with van der Waals surface area (Å²) in [7, 11) is 1.60. The molecule has 216 valence electrons. The topological polar surface area (TPSA) is 97.0 Å². The van der Waals surface area contributed by atoms with Gasteiger partial charge in [0.2, 0.25) is 17.7 Å². The molecule has 1 saturated carbocycles. The second kappa shape index (κ2) is 10.8. The molecule has 3 aliphatic heterocycles. The molecule has 1 aliphatic carbocycles. The molecule has 3 amide bonds. The molecule has 3 fully saturated rings. The Hall–Kier alpha value is -3.36. The molecule has 2 aromatic carbocycles. The van der Waals surface area contributed by atoms with Crippen molar-refractivity contribution in [2.75, 3.05) is 12.4 Å². The normalized spacial score (nSPS) is 33.5. The number of anilines is 1. The Labute approximate surface area is 245 Å². The van der Waals surface area contributed by atoms with Gasteiger partial charge in [-0.2, -0.15) is 0 Å². The Kier molecular flexibility index (Phi) is 7.32. The Bertz CT molecular complexity index is 1360. The van der Waals surface area contributed by atoms with Crippen LogP contribution in [-0.4, -0.2) is 53.5 Å². The Morgan fingerprint density at radius 2 is 1.80 bits per heavy atom. The molecule has 3 heterocycles. The molecule has 2 aromatic rings. The monoisotopic (exact) mass is 577 g/mol. The molecule has 6 rings (SSSR count). The number of rotatable bonds is 7. The highest BCUT2D eigenvalue weighted by atomic mass is 35.5. The lowest BCUT2D eigenvalue weighted by Gasteiger charge is -2.38. The average Bonchev–Trinajstić information content (AvgIpc) is 3.60. The predicted molar refractivity (Wildman–Crippen MR) is 155 cm³/mol. The molecule has 9 heteroatoms. The van der Waals surface area contributed by atoms with E-state index in [1.165, 1.54) is 0 Å². The number of halogens is 1. The van der Waals surface area contributed by atoms with E-state index in [1.54, 1.807) is 36.3 Å². The number of likely N-dealkylation sites (tertiary alicyclic amines) is 1. The van der Waals surface area contributed by atoms with Crippen molar-refractivity contribution in [1.29, 1.82) is 0 Å². The van der Waals surface area contributed by atoms with Crippen molar-refractivity contribution >= 4 is 35.0 Å². The Balaban J connectivity index is 1.32. The minimum absolute atomic E-state index is 0.0196. The molecular formula is C32H36ClN3O5. The number of nitrogens with one attached hydrogen (secondary N) is 2. The third-order valence-corrected chi connectivity index (χ3v) is 9.84. The lowest BCUT2D eigenvalue weighted by atomic mass is 9.73. The fourth-order valence-corrected chi connectivity index (χ4v) is 7.30. The van der Waals surface area contributed by atoms with E-state index < -0.39 is 29.6 Å². The third kappa shape index (κ3) is 4.81. The smallest absolute Gasteiger partial charge is 0.246 e. The lowest BCUT2D eigenvalue weighted by Crippen LogP contribution is -2.57. The number of amides is 3. The van der Waals surface area contributed by atoms with Gasteiger partial charge in [-0.15, -0.1) is 0 Å². The quantitative estimate of drug-likeness (QED) is 0.470. The van der Waals surface area contributed by atoms with Crippen LogP contribution in [0.1, 0.15) is 38.7 Å². The summed E-state index contributed by atoms with van der Waals surface area (Å²) in [5.41, 5.74) is 0.216. The first kappa shape index (κ1) is 27.8. The molecule has 4 aliphatic rings. The lowest BCUT2D eigenvalue weighted by molar-refractivity contribution is -0.142. The first-order chi connectivity index (χ1) is 19.7. The summed E-state index contributed by atoms with van der Waals surface area (Å²) < 4.78 is 11.8. The highest BCUT2D eigenvalue weighted by molar-refractivity contribution is 6.30. The standard InChI is InChI=1S/C32H36ClN3O5/c1-18-5-4-6-24(19(18)2)35-30(38)28-32-16-15-25(41-32)26(29(37)34-22-11-9-21(33)10-12-22)27(32)31(39)36(28)17-20-7-13-23(40-3)14-8-20/h7-16,18-19,24-28H,4-6,17H2,1-3H3,(H,34,37)(H,35,38)/t18-,19+,24+,25+,26+,27+,28-,32-/m0/s1. The Morgan fingerprint density at radius 3 is 2.51 bits per heavy atom. The van der Waals surface area contributed by atoms with E-state index in [0.717, 1.165) is 24.8 Å². The van der Waals surface area contributed by atoms with Crippen molar-refractivity contribution in [3.8, 4) is 5.75 Å². The van der Waals surface area contributed by atoms with Crippen LogP contribution in [0.15, 0.2) is 60.7 Å². The highest BCUT2D eigenvalue weighted by Crippen LogP contribution is 2.55. The summed E-state index contributed by atoms with van der Waals surface area (Å²) in [5, 5.41) is 6.78. The number of hydrogen-bond acceptors (Lipinski definition) is 5. The van der Waals surface area contributed by atoms with Crippen LogP contribution in [0.3, 0.4) is 0 Å². The molecule has 0 aromatic heterocycles. The summed E-state index contributed by atoms with van der Waals surface area (Å²) in [5.74, 6) is -0.868. The van der Waals surface area contributed by atoms with Gasteiger partial charge in [-0.3, -0.25) is 14.4 Å². The van der Waals surface area contributed by atoms with Gasteiger partial charge in [-0.25, -0.2) is 0 Å². The first-order valence-corrected chi connectivity index (χ1v) is 14.8. The summed E-state index contributed by atoms with van der Waals surface area (Å²) in [6.45, 7) is 4.61. The van der Waals surface area contributed by atoms with E-state index in [-0.39, 0.29) is 30.3 Å². The van der Waals surface area contributed by atoms with Crippen LogP contribution < -0.4 is 15.4 Å². The minimum Gasteiger partial charge on any atom is -0.497 e. The largest absolute Gasteiger partial charge is 0.497 e. The van der Waals surface area contributed by atoms with Crippen LogP contribution in [-0.2, 0) is 25.7 Å². The summed E-state index contributed by atoms with van der Waals surface area (Å²) in [6.07, 6.45) is 6.18. The zero-order chi connectivity index (χ0) is 28.9. The second-order valence-electron chi connectivity index (χ2n) is 11.9. The molecule has 41 heavy (non-hydrogen) atoms. The number of methoxy groups -OCH3 is 1. The molecule has 8 nitrogen and oxygen atoms in total. The fraction of sp³-hybridized carbons (Fsp3) is 0.469. The van der Waals surface area contributed by atoms with Gasteiger partial charge >= 0.3 is 0 Å². The zero-order valence-corrected chi connectivity index (χ0v) is 24.3. The number of nitrogens with zero attached hydrogens (tertiary/aromatic N) is 1. The van der Waals surface area contributed by atoms with Crippen LogP contribution in [0.25, 0.3) is 0 Å². The Morgan fingerprint density at radius 1 is 1.07 bits per heavy atom. The van der Waals surface area contributed by atoms with Crippen molar-refractivity contribution < 1.29 is 23.9 Å². The van der Waals surface area contributed by atoms with Crippen LogP contribution in [0.5, 0.6) is 5.75 Å². The van der Waals surface area contributed by atoms with E-state index in [0.29, 0.717) is 28.3 Å². The number of ether oxygens (including phenoxy) is 2. The first-order valence-electron chi connectivity index (χ1n) is 14.4. The molecular weight excluding hydrogens is 542 g/mol. The van der Waals surface area contributed by atoms with E-state index in [4.69, 9.17) is 21.1 Å². The molecule has 8 atom stereocenters. The van der Waals surface area contributed by atoms with Gasteiger partial charge in [0.1, 0.15) is 17.4 Å². The fourth-order valence-electron chi connectivity index (χ4n) is 7.17. The van der Waals surface area contributed by atoms with Gasteiger partial charge in [0, 0.05) is 23.3 Å². The van der Waals surface area contributed by atoms with Gasteiger partial charge < -0.3 is 25.0 Å². The second-order valence-corrected chi connectivity index (χ2v) is 12.3. The van der Waals surface area contributed by atoms with E-state index in [1.807, 2.05) is 36.4 Å². The highest BCUT2D eigenvalue weighted by Gasteiger charge is 2.72. The predicted octanol–water partition coefficient (Wildman–Crippen LogP) is 4.58. The molecule has 1 spiro atoms. The minimum atomic E-state index is -1.22. The zero-order valence-electron chi connectivity index (χ0n) is 23.5. The van der Waals surface area contributed by atoms with Gasteiger partial charge in [0.15, 0.2) is 0 Å². The molecule has 0 radical (unpaired) electrons. The van der Waals surface area contributed by atoms with Crippen LogP contribution in [0.4, 0.5) is 5.69 Å². The summed E-state index contributed by atoms with van der Waals surface area (Å²) >= 11 is 6.01. The third-order valence-electron chi connectivity index (χ3n) is 9.58. The number of hydrogen-bond donors (Lipinski definition) is 2. The SMILES string of the molecule is COc1ccc(CN2C(=O)[C@H]3[C@H](C(=O)Nc4ccc(Cl)cc4)[C@H]4C=C[C@@]3(O4)[C@@H]2C(=O)N[C@@H]2CCC[C@H](C)[C@H]2C)cc1. The van der Waals surface area contributed by atoms with Gasteiger partial charge in [-0.1, -0.05) is 62.6 Å². The van der Waals surface area contributed by atoms with Crippen molar-refractivity contribution in [2.24, 2.45) is 23.7 Å². The van der Waals surface area contributed by atoms with Crippen molar-refractivity contribution in [3.05, 3.63) is 71.3 Å². The average molecular weight is 578 g/mol. The van der Waals surface area contributed by atoms with E-state index in [2.05, 4.69) is 24.5 Å². The number of carbonyl (C=O) groups excluding carboxylic acids is 3. The van der Waals surface area contributed by atoms with Gasteiger partial charge in [0.05, 0.1) is 25.0 Å². The maximum absolute atomic E-state index is 14.2. The maximum atomic E-state index is 14.2. The summed E-state index contributed by atoms with van der Waals surface area (Å²) in [6, 6.07) is 13.4. The molecule has 0 unspecified atom stereocenters. The molecule has 2 saturated heterocycles. The maximum Gasteiger partial charge on any atom is 0.246 e. The van der Waals surface area contributed by atoms with E-state index >= 15 is 0 Å². The van der Waals surface area contributed by atoms with E-state index in [9.17, 15) is 14.4 Å². The van der Waals surface area contributed by atoms with Crippen molar-refractivity contribution in [1.82, 2.24) is 10.2 Å². The van der Waals surface area contributed by atoms with Gasteiger partial charge in [-0.05, 0) is 60.2 Å². The van der Waals surface area contributed by atoms with Crippen molar-refractivity contribution in [3.63, 3.8) is 0 Å².